The molecule has 4 heteroatoms. The van der Waals surface area contributed by atoms with Gasteiger partial charge in [0.1, 0.15) is 0 Å². The van der Waals surface area contributed by atoms with E-state index >= 15 is 0 Å². The van der Waals surface area contributed by atoms with Crippen molar-refractivity contribution in [2.45, 2.75) is 0 Å². The zero-order chi connectivity index (χ0) is 5.11. The first kappa shape index (κ1) is 8.52. The van der Waals surface area contributed by atoms with Crippen molar-refractivity contribution in [2.75, 3.05) is 0 Å². The number of H-pyrrole nitrogens is 1. The van der Waals surface area contributed by atoms with Crippen LogP contribution < -0.4 is 5.56 Å². The minimum atomic E-state index is -0.209. The third-order valence-corrected chi connectivity index (χ3v) is 0.588. The van der Waals surface area contributed by atoms with Gasteiger partial charge in [-0.15, -0.1) is 0 Å². The van der Waals surface area contributed by atoms with Gasteiger partial charge in [0.25, 0.3) is 5.56 Å². The van der Waals surface area contributed by atoms with Gasteiger partial charge in [-0.3, -0.25) is 4.79 Å². The molecule has 1 heterocycles. The molecule has 0 fully saturated rings. The van der Waals surface area contributed by atoms with Crippen molar-refractivity contribution in [3.63, 3.8) is 0 Å². The molecule has 0 radical (unpaired) electrons. The van der Waals surface area contributed by atoms with E-state index in [4.69, 9.17) is 0 Å². The van der Waals surface area contributed by atoms with Crippen molar-refractivity contribution in [2.24, 2.45) is 0 Å². The predicted octanol–water partition coefficient (Wildman–Crippen LogP) is -0.879. The van der Waals surface area contributed by atoms with Crippen molar-refractivity contribution in [1.29, 1.82) is 0 Å². The van der Waals surface area contributed by atoms with Gasteiger partial charge in [0, 0.05) is 12.3 Å². The summed E-state index contributed by atoms with van der Waals surface area (Å²) in [6.45, 7) is 0. The molecule has 3 nitrogen and oxygen atoms in total. The maximum atomic E-state index is 10.1. The number of hydrogen-bond donors (Lipinski definition) is 1. The summed E-state index contributed by atoms with van der Waals surface area (Å²) >= 11 is 0. The van der Waals surface area contributed by atoms with E-state index in [1.54, 1.807) is 0 Å². The Morgan fingerprint density at radius 2 is 2.38 bits per heavy atom. The first-order chi connectivity index (χ1) is 3.39. The Kier molecular flexibility index (Phi) is 4.68. The van der Waals surface area contributed by atoms with Crippen molar-refractivity contribution in [3.8, 4) is 0 Å². The van der Waals surface area contributed by atoms with Gasteiger partial charge in [-0.1, -0.05) is 0 Å². The Morgan fingerprint density at radius 3 is 2.62 bits per heavy atom. The van der Waals surface area contributed by atoms with Crippen LogP contribution >= 0.6 is 0 Å². The molecule has 0 saturated carbocycles. The van der Waals surface area contributed by atoms with Crippen molar-refractivity contribution in [3.05, 3.63) is 28.9 Å². The summed E-state index contributed by atoms with van der Waals surface area (Å²) in [5.74, 6) is 0. The summed E-state index contributed by atoms with van der Waals surface area (Å²) in [5, 5.41) is 0. The average Bonchev–Trinajstić information content (AvgIpc) is 1.69. The molecule has 8 heavy (non-hydrogen) atoms. The predicted molar refractivity (Wildman–Crippen MR) is 32.0 cm³/mol. The van der Waals surface area contributed by atoms with E-state index in [2.05, 4.69) is 9.97 Å². The molecule has 1 N–H and O–H groups in total. The fourth-order valence-corrected chi connectivity index (χ4v) is 0.306. The fraction of sp³-hybridized carbons (Fsp3) is 0. The van der Waals surface area contributed by atoms with Crippen LogP contribution in [0.15, 0.2) is 23.4 Å². The minimum absolute atomic E-state index is 0. The molecular weight excluding hydrogens is 131 g/mol. The molecule has 0 saturated heterocycles. The molecule has 0 spiro atoms. The van der Waals surface area contributed by atoms with Crippen molar-refractivity contribution >= 4 is 51.4 Å². The summed E-state index contributed by atoms with van der Waals surface area (Å²) in [5.41, 5.74) is -0.209. The third kappa shape index (κ3) is 2.73. The van der Waals surface area contributed by atoms with Crippen LogP contribution in [0.4, 0.5) is 0 Å². The number of rotatable bonds is 0. The van der Waals surface area contributed by atoms with Gasteiger partial charge in [-0.2, -0.15) is 4.98 Å². The van der Waals surface area contributed by atoms with E-state index in [-0.39, 0.29) is 56.9 Å². The normalized spacial score (nSPS) is 7.50. The zero-order valence-electron chi connectivity index (χ0n) is 3.59. The second kappa shape index (κ2) is 4.40. The Balaban J connectivity index is 0.000000490. The van der Waals surface area contributed by atoms with E-state index in [1.807, 2.05) is 0 Å². The van der Waals surface area contributed by atoms with Gasteiger partial charge in [-0.25, -0.2) is 0 Å². The van der Waals surface area contributed by atoms with Crippen LogP contribution in [0.2, 0.25) is 0 Å². The first-order valence-electron chi connectivity index (χ1n) is 1.89. The molecule has 0 amide bonds. The van der Waals surface area contributed by atoms with Crippen LogP contribution in [0.25, 0.3) is 0 Å². The summed E-state index contributed by atoms with van der Waals surface area (Å²) in [4.78, 5) is 16.1. The molecule has 0 atom stereocenters. The van der Waals surface area contributed by atoms with Crippen LogP contribution in [0, 0.1) is 0 Å². The van der Waals surface area contributed by atoms with E-state index in [1.165, 1.54) is 18.6 Å². The van der Waals surface area contributed by atoms with Gasteiger partial charge in [-0.05, 0) is 0 Å². The topological polar surface area (TPSA) is 45.8 Å². The average molecular weight is 136 g/mol. The second-order valence-corrected chi connectivity index (χ2v) is 1.10. The van der Waals surface area contributed by atoms with E-state index in [9.17, 15) is 4.79 Å². The molecule has 0 aliphatic heterocycles. The van der Waals surface area contributed by atoms with Crippen LogP contribution in [-0.2, 0) is 0 Å². The monoisotopic (exact) mass is 136 g/mol. The van der Waals surface area contributed by atoms with Gasteiger partial charge < -0.3 is 4.98 Å². The molecule has 1 rings (SSSR count). The molecule has 0 aliphatic rings. The second-order valence-electron chi connectivity index (χ2n) is 1.10. The summed E-state index contributed by atoms with van der Waals surface area (Å²) < 4.78 is 0. The molecule has 0 aromatic carbocycles. The number of aromatic amines is 1. The molecule has 38 valence electrons. The van der Waals surface area contributed by atoms with Gasteiger partial charge in [0.2, 0.25) is 0 Å². The molecule has 1 aromatic rings. The number of nitrogens with zero attached hydrogens (tertiary/aromatic N) is 1. The number of hydrogen-bond acceptors (Lipinski definition) is 2. The molecular formula is C4H5KN2O. The van der Waals surface area contributed by atoms with Gasteiger partial charge >= 0.3 is 51.4 Å². The SMILES string of the molecule is O=c1cc[nH]cn1.[KH]. The Bertz CT molecular complexity index is 180. The fourth-order valence-electron chi connectivity index (χ4n) is 0.306. The Hall–Kier alpha value is 0.516. The summed E-state index contributed by atoms with van der Waals surface area (Å²) in [6.07, 6.45) is 2.89. The zero-order valence-corrected chi connectivity index (χ0v) is 3.59. The number of aromatic nitrogens is 2. The van der Waals surface area contributed by atoms with E-state index in [0.29, 0.717) is 0 Å². The van der Waals surface area contributed by atoms with Gasteiger partial charge in [0.15, 0.2) is 0 Å². The molecule has 0 aliphatic carbocycles. The summed E-state index contributed by atoms with van der Waals surface area (Å²) in [7, 11) is 0. The summed E-state index contributed by atoms with van der Waals surface area (Å²) in [6, 6.07) is 1.36. The van der Waals surface area contributed by atoms with Crippen molar-refractivity contribution in [1.82, 2.24) is 9.97 Å². The van der Waals surface area contributed by atoms with Gasteiger partial charge in [0.05, 0.1) is 6.33 Å². The third-order valence-electron chi connectivity index (χ3n) is 0.588. The van der Waals surface area contributed by atoms with E-state index < -0.39 is 0 Å². The van der Waals surface area contributed by atoms with Crippen LogP contribution in [-0.4, -0.2) is 61.4 Å². The first-order valence-corrected chi connectivity index (χ1v) is 1.89. The number of nitrogens with one attached hydrogen (secondary N) is 1. The molecule has 1 aromatic heterocycles. The maximum absolute atomic E-state index is 10.1. The quantitative estimate of drug-likeness (QED) is 0.471. The van der Waals surface area contributed by atoms with Crippen LogP contribution in [0.1, 0.15) is 0 Å². The molecule has 0 bridgehead atoms. The van der Waals surface area contributed by atoms with E-state index in [0.717, 1.165) is 0 Å². The van der Waals surface area contributed by atoms with Crippen LogP contribution in [0.5, 0.6) is 0 Å². The van der Waals surface area contributed by atoms with Crippen LogP contribution in [0.3, 0.4) is 0 Å². The Morgan fingerprint density at radius 1 is 1.62 bits per heavy atom. The standard InChI is InChI=1S/C4H4N2O.K.H/c7-4-1-2-5-3-6-4;;/h1-3H,(H,5,6,7);;. The Labute approximate surface area is 89.0 Å². The van der Waals surface area contributed by atoms with Crippen molar-refractivity contribution < 1.29 is 0 Å². The molecule has 0 unspecified atom stereocenters.